The first-order chi connectivity index (χ1) is 31.1. The van der Waals surface area contributed by atoms with Gasteiger partial charge in [-0.1, -0.05) is 182 Å². The number of esters is 2. The summed E-state index contributed by atoms with van der Waals surface area (Å²) in [6.07, 6.45) is 60.6. The van der Waals surface area contributed by atoms with Crippen LogP contribution in [0.2, 0.25) is 0 Å². The molecule has 0 aliphatic rings. The Balaban J connectivity index is 4.27. The third kappa shape index (κ3) is 43.7. The van der Waals surface area contributed by atoms with Crippen molar-refractivity contribution in [2.75, 3.05) is 41.0 Å². The van der Waals surface area contributed by atoms with E-state index in [1.807, 2.05) is 21.1 Å². The number of hydrogen-bond acceptors (Lipinski definition) is 6. The zero-order valence-electron chi connectivity index (χ0n) is 41.7. The van der Waals surface area contributed by atoms with Gasteiger partial charge in [-0.3, -0.25) is 9.59 Å². The van der Waals surface area contributed by atoms with Crippen LogP contribution in [-0.2, 0) is 28.6 Å². The summed E-state index contributed by atoms with van der Waals surface area (Å²) in [5.74, 6) is -1.49. The van der Waals surface area contributed by atoms with Gasteiger partial charge in [0.05, 0.1) is 34.4 Å². The van der Waals surface area contributed by atoms with Gasteiger partial charge in [0.25, 0.3) is 0 Å². The molecule has 366 valence electrons. The number of allylic oxidation sites excluding steroid dienone is 14. The van der Waals surface area contributed by atoms with Gasteiger partial charge in [0.1, 0.15) is 6.61 Å². The maximum Gasteiger partial charge on any atom is 0.362 e. The topological polar surface area (TPSA) is 99.1 Å². The third-order valence-corrected chi connectivity index (χ3v) is 11.0. The number of quaternary nitrogens is 1. The van der Waals surface area contributed by atoms with Crippen molar-refractivity contribution in [2.24, 2.45) is 0 Å². The lowest BCUT2D eigenvalue weighted by Gasteiger charge is -2.31. The highest BCUT2D eigenvalue weighted by atomic mass is 16.6. The molecule has 2 atom stereocenters. The van der Waals surface area contributed by atoms with Crippen LogP contribution in [0.4, 0.5) is 0 Å². The molecule has 0 bridgehead atoms. The monoisotopic (exact) mass is 895 g/mol. The Morgan fingerprint density at radius 3 is 1.22 bits per heavy atom. The zero-order valence-corrected chi connectivity index (χ0v) is 41.7. The highest BCUT2D eigenvalue weighted by Gasteiger charge is 2.31. The maximum atomic E-state index is 12.8. The van der Waals surface area contributed by atoms with Gasteiger partial charge in [-0.05, 0) is 83.5 Å². The summed E-state index contributed by atoms with van der Waals surface area (Å²) in [5, 5.41) is 9.66. The molecule has 1 N–H and O–H groups in total. The molecule has 0 aromatic heterocycles. The molecule has 0 aromatic rings. The number of unbranched alkanes of at least 4 members (excludes halogenated alkanes) is 17. The third-order valence-electron chi connectivity index (χ3n) is 11.0. The Labute approximate surface area is 393 Å². The number of nitrogens with zero attached hydrogens (tertiary/aromatic N) is 1. The molecular formula is C56H96NO7+. The molecule has 0 heterocycles. The Hall–Kier alpha value is -3.49. The van der Waals surface area contributed by atoms with Crippen LogP contribution in [0.1, 0.15) is 200 Å². The largest absolute Gasteiger partial charge is 0.477 e. The van der Waals surface area contributed by atoms with E-state index in [4.69, 9.17) is 14.2 Å². The van der Waals surface area contributed by atoms with Crippen LogP contribution >= 0.6 is 0 Å². The summed E-state index contributed by atoms with van der Waals surface area (Å²) < 4.78 is 17.3. The Morgan fingerprint density at radius 1 is 0.469 bits per heavy atom. The number of rotatable bonds is 45. The predicted molar refractivity (Wildman–Crippen MR) is 270 cm³/mol. The molecule has 0 aliphatic carbocycles. The van der Waals surface area contributed by atoms with E-state index >= 15 is 0 Å². The van der Waals surface area contributed by atoms with Crippen molar-refractivity contribution in [1.82, 2.24) is 0 Å². The summed E-state index contributed by atoms with van der Waals surface area (Å²) in [6.45, 7) is 4.50. The smallest absolute Gasteiger partial charge is 0.362 e. The van der Waals surface area contributed by atoms with E-state index in [1.54, 1.807) is 0 Å². The molecule has 64 heavy (non-hydrogen) atoms. The van der Waals surface area contributed by atoms with Crippen LogP contribution in [0.15, 0.2) is 85.1 Å². The van der Waals surface area contributed by atoms with Crippen molar-refractivity contribution < 1.29 is 38.2 Å². The van der Waals surface area contributed by atoms with Gasteiger partial charge in [0, 0.05) is 19.3 Å². The molecule has 8 nitrogen and oxygen atoms in total. The molecule has 0 saturated heterocycles. The Kier molecular flexibility index (Phi) is 43.5. The van der Waals surface area contributed by atoms with Crippen LogP contribution in [0.5, 0.6) is 0 Å². The number of likely N-dealkylation sites (N-methyl/N-ethyl adjacent to an activating group) is 1. The van der Waals surface area contributed by atoms with Gasteiger partial charge in [0.15, 0.2) is 12.1 Å². The van der Waals surface area contributed by atoms with Crippen molar-refractivity contribution in [3.63, 3.8) is 0 Å². The highest BCUT2D eigenvalue weighted by molar-refractivity contribution is 5.72. The fourth-order valence-electron chi connectivity index (χ4n) is 7.16. The van der Waals surface area contributed by atoms with Crippen LogP contribution in [-0.4, -0.2) is 80.6 Å². The molecule has 2 unspecified atom stereocenters. The van der Waals surface area contributed by atoms with Gasteiger partial charge in [-0.25, -0.2) is 4.79 Å². The number of ether oxygens (including phenoxy) is 3. The van der Waals surface area contributed by atoms with E-state index in [9.17, 15) is 19.5 Å². The van der Waals surface area contributed by atoms with E-state index in [-0.39, 0.29) is 36.2 Å². The second kappa shape index (κ2) is 46.1. The molecular weight excluding hydrogens is 799 g/mol. The lowest BCUT2D eigenvalue weighted by Crippen LogP contribution is -2.50. The molecule has 8 heteroatoms. The number of carboxylic acid groups (broad SMARTS) is 1. The maximum absolute atomic E-state index is 12.8. The van der Waals surface area contributed by atoms with E-state index in [0.717, 1.165) is 96.3 Å². The van der Waals surface area contributed by atoms with Crippen LogP contribution < -0.4 is 0 Å². The summed E-state index contributed by atoms with van der Waals surface area (Å²) in [5.41, 5.74) is 0. The van der Waals surface area contributed by atoms with Crippen molar-refractivity contribution in [3.05, 3.63) is 85.1 Å². The lowest BCUT2D eigenvalue weighted by molar-refractivity contribution is -0.887. The van der Waals surface area contributed by atoms with Crippen molar-refractivity contribution in [2.45, 2.75) is 212 Å². The Morgan fingerprint density at radius 2 is 0.828 bits per heavy atom. The van der Waals surface area contributed by atoms with Crippen molar-refractivity contribution >= 4 is 17.9 Å². The standard InChI is InChI=1S/C56H95NO7/c1-6-8-10-12-14-16-18-20-22-24-26-27-29-30-32-34-36-38-40-42-44-46-54(58)63-51-52(50-62-49-48-53(56(60)61)57(3,4)5)64-55(59)47-45-43-41-39-37-35-33-31-28-25-23-21-19-17-15-13-11-9-7-2/h8-11,14-17,20-23,28,31,52-53H,6-7,12-13,18-19,24-27,29-30,32-51H2,1-5H3/p+1/b10-8+,11-9+,16-14+,17-15+,22-20+,23-21+,31-28+. The van der Waals surface area contributed by atoms with Crippen molar-refractivity contribution in [1.29, 1.82) is 0 Å². The minimum Gasteiger partial charge on any atom is -0.477 e. The second-order valence-electron chi connectivity index (χ2n) is 18.0. The van der Waals surface area contributed by atoms with E-state index in [1.165, 1.54) is 70.6 Å². The number of hydrogen-bond donors (Lipinski definition) is 1. The van der Waals surface area contributed by atoms with Gasteiger partial charge in [0.2, 0.25) is 0 Å². The second-order valence-corrected chi connectivity index (χ2v) is 18.0. The van der Waals surface area contributed by atoms with Crippen LogP contribution in [0.3, 0.4) is 0 Å². The van der Waals surface area contributed by atoms with Crippen molar-refractivity contribution in [3.8, 4) is 0 Å². The van der Waals surface area contributed by atoms with E-state index in [0.29, 0.717) is 19.3 Å². The van der Waals surface area contributed by atoms with Gasteiger partial charge < -0.3 is 23.8 Å². The molecule has 0 radical (unpaired) electrons. The first kappa shape index (κ1) is 60.5. The normalized spacial score (nSPS) is 13.6. The van der Waals surface area contributed by atoms with E-state index in [2.05, 4.69) is 98.9 Å². The predicted octanol–water partition coefficient (Wildman–Crippen LogP) is 14.9. The minimum absolute atomic E-state index is 0.0505. The lowest BCUT2D eigenvalue weighted by atomic mass is 10.0. The van der Waals surface area contributed by atoms with Gasteiger partial charge in [-0.2, -0.15) is 0 Å². The minimum atomic E-state index is -0.880. The van der Waals surface area contributed by atoms with Gasteiger partial charge in [-0.15, -0.1) is 0 Å². The van der Waals surface area contributed by atoms with E-state index < -0.39 is 18.1 Å². The number of aliphatic carboxylic acids is 1. The molecule has 0 rings (SSSR count). The first-order valence-corrected chi connectivity index (χ1v) is 25.6. The quantitative estimate of drug-likeness (QED) is 0.0281. The SMILES string of the molecule is CC/C=C/C/C=C/C/C=C/C/C=C/CCCCCCCCC(=O)OC(COCCC(C(=O)O)[N+](C)(C)C)COC(=O)CCCCCCCCCCCCC/C=C/C/C=C/C/C=C/CC. The fourth-order valence-corrected chi connectivity index (χ4v) is 7.16. The molecule has 0 aromatic carbocycles. The van der Waals surface area contributed by atoms with Crippen LogP contribution in [0, 0.1) is 0 Å². The summed E-state index contributed by atoms with van der Waals surface area (Å²) in [7, 11) is 5.52. The van der Waals surface area contributed by atoms with Gasteiger partial charge >= 0.3 is 17.9 Å². The molecule has 0 aliphatic heterocycles. The molecule has 0 fully saturated rings. The Bertz CT molecular complexity index is 1320. The number of carbonyl (C=O) groups excluding carboxylic acids is 2. The first-order valence-electron chi connectivity index (χ1n) is 25.6. The molecule has 0 spiro atoms. The fraction of sp³-hybridized carbons (Fsp3) is 0.696. The number of carboxylic acids is 1. The molecule has 0 amide bonds. The van der Waals surface area contributed by atoms with Crippen LogP contribution in [0.25, 0.3) is 0 Å². The summed E-state index contributed by atoms with van der Waals surface area (Å²) in [4.78, 5) is 37.2. The molecule has 0 saturated carbocycles. The number of carbonyl (C=O) groups is 3. The zero-order chi connectivity index (χ0) is 47.0. The average Bonchev–Trinajstić information content (AvgIpc) is 3.26. The summed E-state index contributed by atoms with van der Waals surface area (Å²) in [6, 6.07) is -0.622. The highest BCUT2D eigenvalue weighted by Crippen LogP contribution is 2.15. The average molecular weight is 895 g/mol. The summed E-state index contributed by atoms with van der Waals surface area (Å²) >= 11 is 0.